The molecule has 0 aliphatic carbocycles. The Bertz CT molecular complexity index is 317. The summed E-state index contributed by atoms with van der Waals surface area (Å²) in [6, 6.07) is 2.56. The minimum atomic E-state index is -0.647. The van der Waals surface area contributed by atoms with Crippen LogP contribution in [0.5, 0.6) is 5.75 Å². The monoisotopic (exact) mass is 199 g/mol. The van der Waals surface area contributed by atoms with Crippen molar-refractivity contribution in [1.82, 2.24) is 4.98 Å². The SMILES string of the molecule is CCOC(=O)COc1ccnc(F)c1. The van der Waals surface area contributed by atoms with Crippen molar-refractivity contribution >= 4 is 5.97 Å². The van der Waals surface area contributed by atoms with Gasteiger partial charge in [0.1, 0.15) is 5.75 Å². The fourth-order valence-corrected chi connectivity index (χ4v) is 0.819. The van der Waals surface area contributed by atoms with E-state index in [1.807, 2.05) is 0 Å². The molecule has 1 heterocycles. The Hall–Kier alpha value is -1.65. The van der Waals surface area contributed by atoms with E-state index in [-0.39, 0.29) is 12.4 Å². The Morgan fingerprint density at radius 3 is 3.07 bits per heavy atom. The van der Waals surface area contributed by atoms with Gasteiger partial charge in [-0.3, -0.25) is 0 Å². The lowest BCUT2D eigenvalue weighted by Crippen LogP contribution is -2.14. The zero-order valence-electron chi connectivity index (χ0n) is 7.70. The second-order valence-corrected chi connectivity index (χ2v) is 2.41. The van der Waals surface area contributed by atoms with E-state index in [2.05, 4.69) is 9.72 Å². The van der Waals surface area contributed by atoms with E-state index in [0.29, 0.717) is 6.61 Å². The van der Waals surface area contributed by atoms with Crippen molar-refractivity contribution in [3.8, 4) is 5.75 Å². The fourth-order valence-electron chi connectivity index (χ4n) is 0.819. The second-order valence-electron chi connectivity index (χ2n) is 2.41. The zero-order chi connectivity index (χ0) is 10.4. The van der Waals surface area contributed by atoms with Crippen LogP contribution in [0, 0.1) is 5.95 Å². The molecule has 5 heteroatoms. The van der Waals surface area contributed by atoms with Crippen LogP contribution in [0.15, 0.2) is 18.3 Å². The van der Waals surface area contributed by atoms with Gasteiger partial charge >= 0.3 is 5.97 Å². The summed E-state index contributed by atoms with van der Waals surface area (Å²) in [6.07, 6.45) is 1.26. The molecular weight excluding hydrogens is 189 g/mol. The predicted molar refractivity (Wildman–Crippen MR) is 46.3 cm³/mol. The van der Waals surface area contributed by atoms with Crippen LogP contribution < -0.4 is 4.74 Å². The maximum absolute atomic E-state index is 12.5. The highest BCUT2D eigenvalue weighted by Gasteiger charge is 2.03. The average molecular weight is 199 g/mol. The highest BCUT2D eigenvalue weighted by molar-refractivity contribution is 5.71. The number of hydrogen-bond acceptors (Lipinski definition) is 4. The molecule has 1 rings (SSSR count). The number of hydrogen-bond donors (Lipinski definition) is 0. The number of rotatable bonds is 4. The molecule has 0 N–H and O–H groups in total. The van der Waals surface area contributed by atoms with Crippen LogP contribution in [0.25, 0.3) is 0 Å². The molecule has 0 spiro atoms. The summed E-state index contributed by atoms with van der Waals surface area (Å²) < 4.78 is 22.1. The molecule has 0 saturated carbocycles. The van der Waals surface area contributed by atoms with Gasteiger partial charge in [-0.15, -0.1) is 0 Å². The molecule has 4 nitrogen and oxygen atoms in total. The van der Waals surface area contributed by atoms with Crippen LogP contribution in [0.3, 0.4) is 0 Å². The molecule has 0 unspecified atom stereocenters. The van der Waals surface area contributed by atoms with Crippen molar-refractivity contribution in [3.05, 3.63) is 24.3 Å². The molecule has 0 aliphatic heterocycles. The number of esters is 1. The molecule has 0 aromatic carbocycles. The molecule has 0 saturated heterocycles. The van der Waals surface area contributed by atoms with E-state index >= 15 is 0 Å². The van der Waals surface area contributed by atoms with Crippen molar-refractivity contribution in [1.29, 1.82) is 0 Å². The third-order valence-corrected chi connectivity index (χ3v) is 1.36. The molecule has 1 aromatic rings. The van der Waals surface area contributed by atoms with Crippen LogP contribution >= 0.6 is 0 Å². The van der Waals surface area contributed by atoms with Gasteiger partial charge in [0.2, 0.25) is 5.95 Å². The number of nitrogens with zero attached hydrogens (tertiary/aromatic N) is 1. The van der Waals surface area contributed by atoms with Gasteiger partial charge in [0, 0.05) is 12.3 Å². The van der Waals surface area contributed by atoms with Crippen molar-refractivity contribution in [3.63, 3.8) is 0 Å². The van der Waals surface area contributed by atoms with E-state index in [1.165, 1.54) is 12.3 Å². The number of carbonyl (C=O) groups is 1. The molecule has 0 amide bonds. The second kappa shape index (κ2) is 5.16. The van der Waals surface area contributed by atoms with Gasteiger partial charge in [0.25, 0.3) is 0 Å². The Labute approximate surface area is 80.7 Å². The number of pyridine rings is 1. The molecule has 14 heavy (non-hydrogen) atoms. The van der Waals surface area contributed by atoms with Crippen LogP contribution in [0.4, 0.5) is 4.39 Å². The summed E-state index contributed by atoms with van der Waals surface area (Å²) in [5.74, 6) is -0.873. The van der Waals surface area contributed by atoms with Gasteiger partial charge in [-0.2, -0.15) is 4.39 Å². The van der Waals surface area contributed by atoms with Crippen molar-refractivity contribution in [2.24, 2.45) is 0 Å². The molecule has 76 valence electrons. The summed E-state index contributed by atoms with van der Waals surface area (Å²) in [5.41, 5.74) is 0. The van der Waals surface area contributed by atoms with Crippen molar-refractivity contribution in [2.45, 2.75) is 6.92 Å². The van der Waals surface area contributed by atoms with Crippen LogP contribution in [-0.4, -0.2) is 24.2 Å². The van der Waals surface area contributed by atoms with E-state index in [4.69, 9.17) is 4.74 Å². The lowest BCUT2D eigenvalue weighted by Gasteiger charge is -2.04. The topological polar surface area (TPSA) is 48.4 Å². The molecule has 0 radical (unpaired) electrons. The molecule has 0 aliphatic rings. The molecule has 1 aromatic heterocycles. The van der Waals surface area contributed by atoms with E-state index in [9.17, 15) is 9.18 Å². The van der Waals surface area contributed by atoms with Crippen LogP contribution in [0.2, 0.25) is 0 Å². The smallest absolute Gasteiger partial charge is 0.344 e. The normalized spacial score (nSPS) is 9.57. The minimum Gasteiger partial charge on any atom is -0.482 e. The summed E-state index contributed by atoms with van der Waals surface area (Å²) in [4.78, 5) is 14.2. The standard InChI is InChI=1S/C9H10FNO3/c1-2-13-9(12)6-14-7-3-4-11-8(10)5-7/h3-5H,2,6H2,1H3. The van der Waals surface area contributed by atoms with Crippen LogP contribution in [-0.2, 0) is 9.53 Å². The largest absolute Gasteiger partial charge is 0.482 e. The quantitative estimate of drug-likeness (QED) is 0.539. The first kappa shape index (κ1) is 10.4. The molecule has 0 atom stereocenters. The maximum Gasteiger partial charge on any atom is 0.344 e. The van der Waals surface area contributed by atoms with Gasteiger partial charge in [-0.05, 0) is 13.0 Å². The molecular formula is C9H10FNO3. The lowest BCUT2D eigenvalue weighted by molar-refractivity contribution is -0.145. The van der Waals surface area contributed by atoms with Crippen LogP contribution in [0.1, 0.15) is 6.92 Å². The first-order valence-corrected chi connectivity index (χ1v) is 4.12. The minimum absolute atomic E-state index is 0.225. The van der Waals surface area contributed by atoms with Gasteiger partial charge in [-0.25, -0.2) is 9.78 Å². The Morgan fingerprint density at radius 1 is 1.64 bits per heavy atom. The number of carbonyl (C=O) groups excluding carboxylic acids is 1. The highest BCUT2D eigenvalue weighted by Crippen LogP contribution is 2.09. The number of halogens is 1. The molecule has 0 bridgehead atoms. The Balaban J connectivity index is 2.41. The summed E-state index contributed by atoms with van der Waals surface area (Å²) in [6.45, 7) is 1.77. The lowest BCUT2D eigenvalue weighted by atomic mass is 10.4. The fraction of sp³-hybridized carbons (Fsp3) is 0.333. The Morgan fingerprint density at radius 2 is 2.43 bits per heavy atom. The maximum atomic E-state index is 12.5. The highest BCUT2D eigenvalue weighted by atomic mass is 19.1. The van der Waals surface area contributed by atoms with Gasteiger partial charge < -0.3 is 9.47 Å². The summed E-state index contributed by atoms with van der Waals surface area (Å²) in [7, 11) is 0. The summed E-state index contributed by atoms with van der Waals surface area (Å²) >= 11 is 0. The number of aromatic nitrogens is 1. The summed E-state index contributed by atoms with van der Waals surface area (Å²) in [5, 5.41) is 0. The molecule has 0 fully saturated rings. The first-order chi connectivity index (χ1) is 6.72. The first-order valence-electron chi connectivity index (χ1n) is 4.12. The van der Waals surface area contributed by atoms with Gasteiger partial charge in [-0.1, -0.05) is 0 Å². The van der Waals surface area contributed by atoms with Gasteiger partial charge in [0.05, 0.1) is 6.61 Å². The van der Waals surface area contributed by atoms with Gasteiger partial charge in [0.15, 0.2) is 6.61 Å². The predicted octanol–water partition coefficient (Wildman–Crippen LogP) is 1.16. The van der Waals surface area contributed by atoms with Crippen molar-refractivity contribution in [2.75, 3.05) is 13.2 Å². The van der Waals surface area contributed by atoms with E-state index in [1.54, 1.807) is 6.92 Å². The van der Waals surface area contributed by atoms with E-state index in [0.717, 1.165) is 6.07 Å². The average Bonchev–Trinajstić information content (AvgIpc) is 2.15. The zero-order valence-corrected chi connectivity index (χ0v) is 7.70. The number of ether oxygens (including phenoxy) is 2. The van der Waals surface area contributed by atoms with E-state index < -0.39 is 11.9 Å². The third kappa shape index (κ3) is 3.38. The third-order valence-electron chi connectivity index (χ3n) is 1.36. The van der Waals surface area contributed by atoms with Crippen molar-refractivity contribution < 1.29 is 18.7 Å². The Kier molecular flexibility index (Phi) is 3.84.